The van der Waals surface area contributed by atoms with Crippen molar-refractivity contribution in [1.29, 1.82) is 0 Å². The lowest BCUT2D eigenvalue weighted by Crippen LogP contribution is -2.25. The molecule has 1 fully saturated rings. The van der Waals surface area contributed by atoms with E-state index in [1.54, 1.807) is 0 Å². The number of hydrogen-bond donors (Lipinski definition) is 2. The van der Waals surface area contributed by atoms with Gasteiger partial charge in [0.25, 0.3) is 0 Å². The molecular formula is C22H26O5. The average Bonchev–Trinajstić information content (AvgIpc) is 2.70. The van der Waals surface area contributed by atoms with Crippen LogP contribution in [0.4, 0.5) is 0 Å². The van der Waals surface area contributed by atoms with Crippen LogP contribution in [0.25, 0.3) is 0 Å². The Kier molecular flexibility index (Phi) is 5.23. The number of rotatable bonds is 4. The summed E-state index contributed by atoms with van der Waals surface area (Å²) in [5.74, 6) is 1.84. The zero-order chi connectivity index (χ0) is 18.8. The van der Waals surface area contributed by atoms with Gasteiger partial charge in [-0.3, -0.25) is 0 Å². The van der Waals surface area contributed by atoms with Crippen molar-refractivity contribution in [3.05, 3.63) is 52.6 Å². The third kappa shape index (κ3) is 3.89. The van der Waals surface area contributed by atoms with E-state index in [4.69, 9.17) is 14.2 Å². The van der Waals surface area contributed by atoms with Crippen molar-refractivity contribution in [1.82, 2.24) is 0 Å². The molecule has 1 saturated heterocycles. The summed E-state index contributed by atoms with van der Waals surface area (Å²) in [4.78, 5) is 0. The number of benzene rings is 2. The van der Waals surface area contributed by atoms with E-state index in [-0.39, 0.29) is 24.6 Å². The smallest absolute Gasteiger partial charge is 0.161 e. The van der Waals surface area contributed by atoms with Crippen LogP contribution in [-0.2, 0) is 11.2 Å². The quantitative estimate of drug-likeness (QED) is 0.860. The van der Waals surface area contributed by atoms with Crippen molar-refractivity contribution in [3.63, 3.8) is 0 Å². The van der Waals surface area contributed by atoms with E-state index in [9.17, 15) is 10.2 Å². The molecule has 0 amide bonds. The molecule has 27 heavy (non-hydrogen) atoms. The van der Waals surface area contributed by atoms with Gasteiger partial charge in [0.1, 0.15) is 19.0 Å². The molecule has 0 bridgehead atoms. The summed E-state index contributed by atoms with van der Waals surface area (Å²) < 4.78 is 17.3. The fourth-order valence-corrected chi connectivity index (χ4v) is 3.89. The van der Waals surface area contributed by atoms with E-state index in [2.05, 4.69) is 6.07 Å². The second-order valence-corrected chi connectivity index (χ2v) is 7.35. The highest BCUT2D eigenvalue weighted by atomic mass is 16.6. The topological polar surface area (TPSA) is 68.2 Å². The molecule has 4 rings (SSSR count). The Bertz CT molecular complexity index is 817. The van der Waals surface area contributed by atoms with Crippen LogP contribution in [-0.4, -0.2) is 36.1 Å². The van der Waals surface area contributed by atoms with Gasteiger partial charge >= 0.3 is 0 Å². The number of fused-ring (bicyclic) bond motifs is 1. The maximum atomic E-state index is 10.5. The predicted molar refractivity (Wildman–Crippen MR) is 102 cm³/mol. The van der Waals surface area contributed by atoms with Gasteiger partial charge < -0.3 is 24.4 Å². The second kappa shape index (κ2) is 7.79. The Labute approximate surface area is 159 Å². The molecule has 0 aliphatic carbocycles. The third-order valence-electron chi connectivity index (χ3n) is 5.39. The number of hydrogen-bond acceptors (Lipinski definition) is 5. The van der Waals surface area contributed by atoms with E-state index >= 15 is 0 Å². The number of aromatic hydroxyl groups is 1. The van der Waals surface area contributed by atoms with E-state index in [1.807, 2.05) is 31.2 Å². The van der Waals surface area contributed by atoms with E-state index in [1.165, 1.54) is 0 Å². The summed E-state index contributed by atoms with van der Waals surface area (Å²) >= 11 is 0. The molecule has 144 valence electrons. The normalized spacial score (nSPS) is 21.9. The molecule has 0 radical (unpaired) electrons. The zero-order valence-electron chi connectivity index (χ0n) is 15.6. The fraction of sp³-hybridized carbons (Fsp3) is 0.455. The standard InChI is InChI=1S/C22H26O5/c1-14-9-19(24)18(20-4-2-3-17(13-23)27-20)12-16(14)10-15-5-6-21-22(11-15)26-8-7-25-21/h5-6,9,11-12,17,20,23-24H,2-4,7-8,10,13H2,1H3. The molecule has 5 heteroatoms. The molecule has 2 aliphatic rings. The van der Waals surface area contributed by atoms with Gasteiger partial charge in [0.05, 0.1) is 18.8 Å². The van der Waals surface area contributed by atoms with Crippen LogP contribution >= 0.6 is 0 Å². The number of aliphatic hydroxyl groups is 1. The van der Waals surface area contributed by atoms with Crippen LogP contribution in [0.3, 0.4) is 0 Å². The molecular weight excluding hydrogens is 344 g/mol. The van der Waals surface area contributed by atoms with Crippen LogP contribution in [0, 0.1) is 6.92 Å². The lowest BCUT2D eigenvalue weighted by molar-refractivity contribution is -0.0743. The molecule has 0 saturated carbocycles. The molecule has 0 aromatic heterocycles. The van der Waals surface area contributed by atoms with Crippen LogP contribution in [0.2, 0.25) is 0 Å². The van der Waals surface area contributed by atoms with E-state index in [0.29, 0.717) is 13.2 Å². The Morgan fingerprint density at radius 3 is 2.67 bits per heavy atom. The van der Waals surface area contributed by atoms with Gasteiger partial charge in [-0.25, -0.2) is 0 Å². The number of ether oxygens (including phenoxy) is 3. The van der Waals surface area contributed by atoms with Crippen LogP contribution in [0.1, 0.15) is 47.6 Å². The molecule has 2 heterocycles. The summed E-state index contributed by atoms with van der Waals surface area (Å²) in [6.07, 6.45) is 3.13. The molecule has 2 unspecified atom stereocenters. The molecule has 2 aliphatic heterocycles. The first-order valence-electron chi connectivity index (χ1n) is 9.61. The van der Waals surface area contributed by atoms with E-state index < -0.39 is 0 Å². The highest BCUT2D eigenvalue weighted by Crippen LogP contribution is 2.38. The average molecular weight is 370 g/mol. The van der Waals surface area contributed by atoms with Crippen molar-refractivity contribution in [3.8, 4) is 17.2 Å². The molecule has 2 aromatic rings. The summed E-state index contributed by atoms with van der Waals surface area (Å²) in [5.41, 5.74) is 4.14. The maximum absolute atomic E-state index is 10.5. The van der Waals surface area contributed by atoms with Gasteiger partial charge in [0.15, 0.2) is 11.5 Å². The monoisotopic (exact) mass is 370 g/mol. The van der Waals surface area contributed by atoms with Crippen molar-refractivity contribution in [2.24, 2.45) is 0 Å². The highest BCUT2D eigenvalue weighted by Gasteiger charge is 2.26. The summed E-state index contributed by atoms with van der Waals surface area (Å²) in [7, 11) is 0. The van der Waals surface area contributed by atoms with Crippen LogP contribution in [0.5, 0.6) is 17.2 Å². The van der Waals surface area contributed by atoms with Crippen molar-refractivity contribution < 1.29 is 24.4 Å². The number of phenols is 1. The van der Waals surface area contributed by atoms with Crippen molar-refractivity contribution >= 4 is 0 Å². The van der Waals surface area contributed by atoms with Gasteiger partial charge in [-0.1, -0.05) is 6.07 Å². The maximum Gasteiger partial charge on any atom is 0.161 e. The Morgan fingerprint density at radius 2 is 1.85 bits per heavy atom. The first kappa shape index (κ1) is 18.1. The summed E-state index contributed by atoms with van der Waals surface area (Å²) in [6, 6.07) is 9.90. The van der Waals surface area contributed by atoms with Gasteiger partial charge in [0, 0.05) is 5.56 Å². The predicted octanol–water partition coefficient (Wildman–Crippen LogP) is 3.67. The minimum absolute atomic E-state index is 0.0210. The largest absolute Gasteiger partial charge is 0.508 e. The third-order valence-corrected chi connectivity index (χ3v) is 5.39. The van der Waals surface area contributed by atoms with Gasteiger partial charge in [-0.05, 0) is 73.6 Å². The lowest BCUT2D eigenvalue weighted by atomic mass is 9.92. The van der Waals surface area contributed by atoms with Crippen molar-refractivity contribution in [2.75, 3.05) is 19.8 Å². The molecule has 2 atom stereocenters. The number of phenolic OH excluding ortho intramolecular Hbond substituents is 1. The molecule has 2 aromatic carbocycles. The van der Waals surface area contributed by atoms with Gasteiger partial charge in [0.2, 0.25) is 0 Å². The Morgan fingerprint density at radius 1 is 1.04 bits per heavy atom. The zero-order valence-corrected chi connectivity index (χ0v) is 15.6. The number of aliphatic hydroxyl groups excluding tert-OH is 1. The van der Waals surface area contributed by atoms with Crippen molar-refractivity contribution in [2.45, 2.75) is 44.8 Å². The number of aryl methyl sites for hydroxylation is 1. The lowest BCUT2D eigenvalue weighted by Gasteiger charge is -2.30. The van der Waals surface area contributed by atoms with Crippen LogP contribution < -0.4 is 9.47 Å². The second-order valence-electron chi connectivity index (χ2n) is 7.35. The molecule has 0 spiro atoms. The molecule has 5 nitrogen and oxygen atoms in total. The summed E-state index contributed by atoms with van der Waals surface area (Å²) in [6.45, 7) is 3.19. The Hall–Kier alpha value is -2.24. The van der Waals surface area contributed by atoms with Gasteiger partial charge in [-0.15, -0.1) is 0 Å². The fourth-order valence-electron chi connectivity index (χ4n) is 3.89. The first-order chi connectivity index (χ1) is 13.1. The minimum atomic E-state index is -0.171. The van der Waals surface area contributed by atoms with E-state index in [0.717, 1.165) is 59.4 Å². The van der Waals surface area contributed by atoms with Crippen LogP contribution in [0.15, 0.2) is 30.3 Å². The SMILES string of the molecule is Cc1cc(O)c(C2CCCC(CO)O2)cc1Cc1ccc2c(c1)OCCO2. The Balaban J connectivity index is 1.59. The summed E-state index contributed by atoms with van der Waals surface area (Å²) in [5, 5.41) is 19.9. The minimum Gasteiger partial charge on any atom is -0.508 e. The first-order valence-corrected chi connectivity index (χ1v) is 9.61. The van der Waals surface area contributed by atoms with Gasteiger partial charge in [-0.2, -0.15) is 0 Å². The molecule has 2 N–H and O–H groups in total. The highest BCUT2D eigenvalue weighted by molar-refractivity contribution is 5.48.